The molecule has 17 heavy (non-hydrogen) atoms. The number of hydrogen-bond acceptors (Lipinski definition) is 2. The molecule has 0 fully saturated rings. The Kier molecular flexibility index (Phi) is 4.39. The van der Waals surface area contributed by atoms with Gasteiger partial charge in [-0.25, -0.2) is 4.39 Å². The Labute approximate surface area is 108 Å². The summed E-state index contributed by atoms with van der Waals surface area (Å²) in [6.45, 7) is 6.62. The highest BCUT2D eigenvalue weighted by Gasteiger charge is 2.19. The van der Waals surface area contributed by atoms with Gasteiger partial charge in [0.25, 0.3) is 0 Å². The summed E-state index contributed by atoms with van der Waals surface area (Å²) in [5.74, 6) is -0.224. The Bertz CT molecular complexity index is 405. The SMILES string of the molecule is CNC(C)(C)CN(C)c1cc(F)c(C)cc1Cl. The zero-order chi connectivity index (χ0) is 13.2. The van der Waals surface area contributed by atoms with Crippen molar-refractivity contribution in [1.29, 1.82) is 0 Å². The first-order valence-electron chi connectivity index (χ1n) is 5.62. The van der Waals surface area contributed by atoms with Gasteiger partial charge in [-0.3, -0.25) is 0 Å². The fourth-order valence-electron chi connectivity index (χ4n) is 1.69. The maximum Gasteiger partial charge on any atom is 0.128 e. The maximum absolute atomic E-state index is 13.5. The van der Waals surface area contributed by atoms with E-state index in [-0.39, 0.29) is 11.4 Å². The molecule has 0 saturated heterocycles. The Morgan fingerprint density at radius 3 is 2.53 bits per heavy atom. The van der Waals surface area contributed by atoms with Crippen LogP contribution in [0.25, 0.3) is 0 Å². The van der Waals surface area contributed by atoms with Crippen molar-refractivity contribution in [2.45, 2.75) is 26.3 Å². The molecule has 1 rings (SSSR count). The van der Waals surface area contributed by atoms with Crippen LogP contribution < -0.4 is 10.2 Å². The van der Waals surface area contributed by atoms with Crippen LogP contribution in [0.4, 0.5) is 10.1 Å². The average Bonchev–Trinajstić information content (AvgIpc) is 2.22. The van der Waals surface area contributed by atoms with E-state index >= 15 is 0 Å². The zero-order valence-corrected chi connectivity index (χ0v) is 11.8. The lowest BCUT2D eigenvalue weighted by Gasteiger charge is -2.32. The normalized spacial score (nSPS) is 11.7. The van der Waals surface area contributed by atoms with Gasteiger partial charge < -0.3 is 10.2 Å². The molecule has 0 atom stereocenters. The van der Waals surface area contributed by atoms with E-state index in [1.54, 1.807) is 13.0 Å². The number of hydrogen-bond donors (Lipinski definition) is 1. The third-order valence-electron chi connectivity index (χ3n) is 2.95. The van der Waals surface area contributed by atoms with E-state index in [9.17, 15) is 4.39 Å². The quantitative estimate of drug-likeness (QED) is 0.892. The minimum absolute atomic E-state index is 0.0561. The minimum Gasteiger partial charge on any atom is -0.371 e. The molecule has 0 spiro atoms. The Morgan fingerprint density at radius 1 is 1.41 bits per heavy atom. The van der Waals surface area contributed by atoms with Crippen molar-refractivity contribution in [1.82, 2.24) is 5.32 Å². The highest BCUT2D eigenvalue weighted by atomic mass is 35.5. The summed E-state index contributed by atoms with van der Waals surface area (Å²) in [7, 11) is 3.82. The number of anilines is 1. The van der Waals surface area contributed by atoms with Crippen LogP contribution in [-0.4, -0.2) is 26.2 Å². The van der Waals surface area contributed by atoms with Gasteiger partial charge in [-0.1, -0.05) is 11.6 Å². The average molecular weight is 259 g/mol. The highest BCUT2D eigenvalue weighted by Crippen LogP contribution is 2.28. The molecule has 4 heteroatoms. The smallest absolute Gasteiger partial charge is 0.128 e. The van der Waals surface area contributed by atoms with Gasteiger partial charge in [0.1, 0.15) is 5.82 Å². The van der Waals surface area contributed by atoms with Crippen molar-refractivity contribution in [3.05, 3.63) is 28.5 Å². The topological polar surface area (TPSA) is 15.3 Å². The molecule has 1 aromatic carbocycles. The third-order valence-corrected chi connectivity index (χ3v) is 3.25. The fourth-order valence-corrected chi connectivity index (χ4v) is 2.05. The largest absolute Gasteiger partial charge is 0.371 e. The molecular formula is C13H20ClFN2. The second-order valence-corrected chi connectivity index (χ2v) is 5.45. The molecule has 96 valence electrons. The van der Waals surface area contributed by atoms with Gasteiger partial charge in [0.15, 0.2) is 0 Å². The number of nitrogens with one attached hydrogen (secondary N) is 1. The highest BCUT2D eigenvalue weighted by molar-refractivity contribution is 6.33. The number of aryl methyl sites for hydroxylation is 1. The predicted octanol–water partition coefficient (Wildman–Crippen LogP) is 3.22. The second kappa shape index (κ2) is 5.23. The summed E-state index contributed by atoms with van der Waals surface area (Å²) in [6.07, 6.45) is 0. The van der Waals surface area contributed by atoms with Crippen molar-refractivity contribution in [2.75, 3.05) is 25.5 Å². The monoisotopic (exact) mass is 258 g/mol. The van der Waals surface area contributed by atoms with Crippen molar-refractivity contribution >= 4 is 17.3 Å². The number of nitrogens with zero attached hydrogens (tertiary/aromatic N) is 1. The summed E-state index contributed by atoms with van der Waals surface area (Å²) in [5, 5.41) is 3.79. The third kappa shape index (κ3) is 3.58. The van der Waals surface area contributed by atoms with Crippen LogP contribution in [0.5, 0.6) is 0 Å². The number of rotatable bonds is 4. The number of halogens is 2. The zero-order valence-electron chi connectivity index (χ0n) is 11.1. The molecule has 2 nitrogen and oxygen atoms in total. The predicted molar refractivity (Wildman–Crippen MR) is 72.6 cm³/mol. The Hall–Kier alpha value is -0.800. The lowest BCUT2D eigenvalue weighted by molar-refractivity contribution is 0.428. The summed E-state index contributed by atoms with van der Waals surface area (Å²) >= 11 is 6.14. The first-order valence-corrected chi connectivity index (χ1v) is 6.00. The van der Waals surface area contributed by atoms with E-state index in [4.69, 9.17) is 11.6 Å². The van der Waals surface area contributed by atoms with E-state index in [1.165, 1.54) is 6.07 Å². The molecule has 0 heterocycles. The second-order valence-electron chi connectivity index (χ2n) is 5.04. The van der Waals surface area contributed by atoms with Gasteiger partial charge in [0.2, 0.25) is 0 Å². The standard InChI is InChI=1S/C13H20ClFN2/c1-9-6-10(14)12(7-11(9)15)17(5)8-13(2,3)16-4/h6-7,16H,8H2,1-5H3. The first kappa shape index (κ1) is 14.3. The molecule has 0 aliphatic rings. The van der Waals surface area contributed by atoms with E-state index in [2.05, 4.69) is 19.2 Å². The molecule has 0 aliphatic heterocycles. The van der Waals surface area contributed by atoms with Crippen LogP contribution in [0.2, 0.25) is 5.02 Å². The first-order chi connectivity index (χ1) is 7.76. The minimum atomic E-state index is -0.224. The van der Waals surface area contributed by atoms with Crippen LogP contribution in [0.1, 0.15) is 19.4 Å². The van der Waals surface area contributed by atoms with Crippen molar-refractivity contribution in [3.8, 4) is 0 Å². The van der Waals surface area contributed by atoms with E-state index in [0.717, 1.165) is 12.2 Å². The summed E-state index contributed by atoms with van der Waals surface area (Å²) < 4.78 is 13.5. The van der Waals surface area contributed by atoms with Crippen LogP contribution in [-0.2, 0) is 0 Å². The van der Waals surface area contributed by atoms with E-state index in [0.29, 0.717) is 10.6 Å². The van der Waals surface area contributed by atoms with E-state index < -0.39 is 0 Å². The van der Waals surface area contributed by atoms with Gasteiger partial charge in [0, 0.05) is 19.1 Å². The summed E-state index contributed by atoms with van der Waals surface area (Å²) in [5.41, 5.74) is 1.23. The van der Waals surface area contributed by atoms with Gasteiger partial charge >= 0.3 is 0 Å². The fraction of sp³-hybridized carbons (Fsp3) is 0.538. The summed E-state index contributed by atoms with van der Waals surface area (Å²) in [6, 6.07) is 3.15. The molecule has 0 bridgehead atoms. The maximum atomic E-state index is 13.5. The Morgan fingerprint density at radius 2 is 2.00 bits per heavy atom. The molecule has 1 aromatic rings. The lowest BCUT2D eigenvalue weighted by atomic mass is 10.1. The number of likely N-dealkylation sites (N-methyl/N-ethyl adjacent to an activating group) is 2. The van der Waals surface area contributed by atoms with Gasteiger partial charge in [-0.05, 0) is 45.5 Å². The van der Waals surface area contributed by atoms with E-state index in [1.807, 2.05) is 19.0 Å². The molecule has 0 radical (unpaired) electrons. The van der Waals surface area contributed by atoms with Crippen molar-refractivity contribution < 1.29 is 4.39 Å². The van der Waals surface area contributed by atoms with Gasteiger partial charge in [-0.15, -0.1) is 0 Å². The van der Waals surface area contributed by atoms with Crippen LogP contribution >= 0.6 is 11.6 Å². The molecule has 0 aliphatic carbocycles. The molecule has 0 saturated carbocycles. The molecule has 0 amide bonds. The number of benzene rings is 1. The van der Waals surface area contributed by atoms with Gasteiger partial charge in [0.05, 0.1) is 10.7 Å². The van der Waals surface area contributed by atoms with Crippen molar-refractivity contribution in [2.24, 2.45) is 0 Å². The van der Waals surface area contributed by atoms with Crippen LogP contribution in [0, 0.1) is 12.7 Å². The van der Waals surface area contributed by atoms with Crippen molar-refractivity contribution in [3.63, 3.8) is 0 Å². The molecular weight excluding hydrogens is 239 g/mol. The van der Waals surface area contributed by atoms with Crippen LogP contribution in [0.15, 0.2) is 12.1 Å². The lowest BCUT2D eigenvalue weighted by Crippen LogP contribution is -2.46. The van der Waals surface area contributed by atoms with Gasteiger partial charge in [-0.2, -0.15) is 0 Å². The summed E-state index contributed by atoms with van der Waals surface area (Å²) in [4.78, 5) is 1.96. The Balaban J connectivity index is 2.97. The van der Waals surface area contributed by atoms with Crippen LogP contribution in [0.3, 0.4) is 0 Å². The molecule has 0 aromatic heterocycles. The molecule has 0 unspecified atom stereocenters. The molecule has 1 N–H and O–H groups in total.